The van der Waals surface area contributed by atoms with Gasteiger partial charge in [0, 0.05) is 44.0 Å². The van der Waals surface area contributed by atoms with E-state index in [1.54, 1.807) is 6.33 Å². The molecule has 2 saturated heterocycles. The summed E-state index contributed by atoms with van der Waals surface area (Å²) in [5.74, 6) is 0.809. The molecule has 8 heteroatoms. The first-order valence-electron chi connectivity index (χ1n) is 9.28. The number of aryl methyl sites for hydroxylation is 1. The predicted molar refractivity (Wildman–Crippen MR) is 98.7 cm³/mol. The number of nitrogens with two attached hydrogens (primary N) is 1. The number of amides is 2. The monoisotopic (exact) mass is 360 g/mol. The number of nitrogens with zero attached hydrogens (tertiary/aromatic N) is 5. The molecule has 2 N–H and O–H groups in total. The molecule has 142 valence electrons. The zero-order valence-corrected chi connectivity index (χ0v) is 15.6. The Balaban J connectivity index is 1.56. The van der Waals surface area contributed by atoms with E-state index in [1.165, 1.54) is 0 Å². The Kier molecular flexibility index (Phi) is 5.70. The van der Waals surface area contributed by atoms with Crippen molar-refractivity contribution in [2.45, 2.75) is 26.7 Å². The van der Waals surface area contributed by atoms with Gasteiger partial charge < -0.3 is 15.5 Å². The molecule has 2 aliphatic heterocycles. The molecule has 2 amide bonds. The lowest BCUT2D eigenvalue weighted by Crippen LogP contribution is -2.53. The molecule has 2 fully saturated rings. The molecule has 1 atom stereocenters. The van der Waals surface area contributed by atoms with Crippen LogP contribution in [0.25, 0.3) is 0 Å². The molecule has 26 heavy (non-hydrogen) atoms. The van der Waals surface area contributed by atoms with Crippen molar-refractivity contribution in [2.24, 2.45) is 11.7 Å². The second kappa shape index (κ2) is 7.99. The number of piperidine rings is 1. The smallest absolute Gasteiger partial charge is 0.231 e. The van der Waals surface area contributed by atoms with Crippen LogP contribution in [-0.2, 0) is 9.59 Å². The van der Waals surface area contributed by atoms with Gasteiger partial charge in [-0.1, -0.05) is 0 Å². The summed E-state index contributed by atoms with van der Waals surface area (Å²) < 4.78 is 0. The van der Waals surface area contributed by atoms with Crippen molar-refractivity contribution in [2.75, 3.05) is 50.7 Å². The van der Waals surface area contributed by atoms with Gasteiger partial charge in [-0.05, 0) is 33.2 Å². The fourth-order valence-corrected chi connectivity index (χ4v) is 3.86. The molecular formula is C18H28N6O2. The molecule has 0 bridgehead atoms. The molecule has 0 aromatic carbocycles. The van der Waals surface area contributed by atoms with Crippen molar-refractivity contribution >= 4 is 17.6 Å². The first-order chi connectivity index (χ1) is 12.5. The Morgan fingerprint density at radius 3 is 2.58 bits per heavy atom. The van der Waals surface area contributed by atoms with Crippen LogP contribution < -0.4 is 10.6 Å². The van der Waals surface area contributed by atoms with Crippen LogP contribution >= 0.6 is 0 Å². The maximum atomic E-state index is 12.9. The highest BCUT2D eigenvalue weighted by Gasteiger charge is 2.31. The Labute approximate surface area is 154 Å². The molecule has 0 saturated carbocycles. The maximum Gasteiger partial charge on any atom is 0.231 e. The number of hydrogen-bond donors (Lipinski definition) is 1. The standard InChI is InChI=1S/C18H28N6O2/c1-13-14(2)20-12-21-17(13)23-6-8-24(9-7-23)18(26)15-4-3-5-22(10-15)11-16(19)25/h12,15H,3-11H2,1-2H3,(H2,19,25). The molecule has 1 aromatic heterocycles. The molecule has 3 rings (SSSR count). The summed E-state index contributed by atoms with van der Waals surface area (Å²) in [6.45, 7) is 8.70. The Morgan fingerprint density at radius 2 is 1.88 bits per heavy atom. The fraction of sp³-hybridized carbons (Fsp3) is 0.667. The van der Waals surface area contributed by atoms with Gasteiger partial charge in [0.2, 0.25) is 11.8 Å². The summed E-state index contributed by atoms with van der Waals surface area (Å²) in [6, 6.07) is 0. The average molecular weight is 360 g/mol. The highest BCUT2D eigenvalue weighted by atomic mass is 16.2. The Morgan fingerprint density at radius 1 is 1.15 bits per heavy atom. The van der Waals surface area contributed by atoms with Crippen molar-refractivity contribution in [1.82, 2.24) is 19.8 Å². The highest BCUT2D eigenvalue weighted by molar-refractivity contribution is 5.80. The van der Waals surface area contributed by atoms with Crippen molar-refractivity contribution < 1.29 is 9.59 Å². The van der Waals surface area contributed by atoms with E-state index in [0.717, 1.165) is 49.6 Å². The van der Waals surface area contributed by atoms with Crippen LogP contribution in [0.15, 0.2) is 6.33 Å². The summed E-state index contributed by atoms with van der Waals surface area (Å²) >= 11 is 0. The number of aromatic nitrogens is 2. The summed E-state index contributed by atoms with van der Waals surface area (Å²) in [4.78, 5) is 38.9. The van der Waals surface area contributed by atoms with E-state index in [1.807, 2.05) is 23.6 Å². The van der Waals surface area contributed by atoms with Crippen molar-refractivity contribution in [3.05, 3.63) is 17.6 Å². The first-order valence-corrected chi connectivity index (χ1v) is 9.28. The van der Waals surface area contributed by atoms with Gasteiger partial charge in [0.1, 0.15) is 12.1 Å². The summed E-state index contributed by atoms with van der Waals surface area (Å²) in [6.07, 6.45) is 3.42. The van der Waals surface area contributed by atoms with Crippen LogP contribution in [0.4, 0.5) is 5.82 Å². The van der Waals surface area contributed by atoms with E-state index >= 15 is 0 Å². The SMILES string of the molecule is Cc1ncnc(N2CCN(C(=O)C3CCCN(CC(N)=O)C3)CC2)c1C. The third-order valence-electron chi connectivity index (χ3n) is 5.43. The van der Waals surface area contributed by atoms with Crippen molar-refractivity contribution in [1.29, 1.82) is 0 Å². The van der Waals surface area contributed by atoms with Crippen LogP contribution in [-0.4, -0.2) is 77.4 Å². The zero-order valence-electron chi connectivity index (χ0n) is 15.6. The normalized spacial score (nSPS) is 21.7. The minimum Gasteiger partial charge on any atom is -0.369 e. The van der Waals surface area contributed by atoms with E-state index < -0.39 is 0 Å². The van der Waals surface area contributed by atoms with Gasteiger partial charge in [-0.2, -0.15) is 0 Å². The zero-order chi connectivity index (χ0) is 18.7. The van der Waals surface area contributed by atoms with Crippen molar-refractivity contribution in [3.63, 3.8) is 0 Å². The molecule has 0 spiro atoms. The number of carbonyl (C=O) groups excluding carboxylic acids is 2. The number of piperazine rings is 1. The second-order valence-electron chi connectivity index (χ2n) is 7.26. The minimum atomic E-state index is -0.331. The number of rotatable bonds is 4. The van der Waals surface area contributed by atoms with Crippen LogP contribution in [0, 0.1) is 19.8 Å². The van der Waals surface area contributed by atoms with E-state index in [4.69, 9.17) is 5.73 Å². The predicted octanol–water partition coefficient (Wildman–Crippen LogP) is -0.0607. The molecule has 3 heterocycles. The summed E-state index contributed by atoms with van der Waals surface area (Å²) in [5, 5.41) is 0. The fourth-order valence-electron chi connectivity index (χ4n) is 3.86. The van der Waals surface area contributed by atoms with Gasteiger partial charge in [-0.15, -0.1) is 0 Å². The van der Waals surface area contributed by atoms with Crippen LogP contribution in [0.2, 0.25) is 0 Å². The number of anilines is 1. The molecular weight excluding hydrogens is 332 g/mol. The molecule has 0 radical (unpaired) electrons. The van der Waals surface area contributed by atoms with Crippen LogP contribution in [0.5, 0.6) is 0 Å². The average Bonchev–Trinajstić information content (AvgIpc) is 2.63. The third-order valence-corrected chi connectivity index (χ3v) is 5.43. The lowest BCUT2D eigenvalue weighted by atomic mass is 9.96. The number of carbonyl (C=O) groups is 2. The van der Waals surface area contributed by atoms with Gasteiger partial charge in [-0.25, -0.2) is 9.97 Å². The number of likely N-dealkylation sites (tertiary alicyclic amines) is 1. The second-order valence-corrected chi connectivity index (χ2v) is 7.26. The van der Waals surface area contributed by atoms with Gasteiger partial charge in [0.05, 0.1) is 12.5 Å². The van der Waals surface area contributed by atoms with Crippen molar-refractivity contribution in [3.8, 4) is 0 Å². The van der Waals surface area contributed by atoms with E-state index in [2.05, 4.69) is 14.9 Å². The Hall–Kier alpha value is -2.22. The van der Waals surface area contributed by atoms with Gasteiger partial charge in [0.25, 0.3) is 0 Å². The molecule has 0 aliphatic carbocycles. The maximum absolute atomic E-state index is 12.9. The lowest BCUT2D eigenvalue weighted by molar-refractivity contribution is -0.138. The minimum absolute atomic E-state index is 0.0299. The van der Waals surface area contributed by atoms with E-state index in [-0.39, 0.29) is 24.3 Å². The quantitative estimate of drug-likeness (QED) is 0.808. The lowest BCUT2D eigenvalue weighted by Gasteiger charge is -2.39. The first kappa shape index (κ1) is 18.6. The molecule has 8 nitrogen and oxygen atoms in total. The topological polar surface area (TPSA) is 95.7 Å². The van der Waals surface area contributed by atoms with E-state index in [9.17, 15) is 9.59 Å². The summed E-state index contributed by atoms with van der Waals surface area (Å²) in [5.41, 5.74) is 7.38. The number of hydrogen-bond acceptors (Lipinski definition) is 6. The largest absolute Gasteiger partial charge is 0.369 e. The molecule has 1 aromatic rings. The molecule has 1 unspecified atom stereocenters. The van der Waals surface area contributed by atoms with Gasteiger partial charge in [0.15, 0.2) is 0 Å². The third kappa shape index (κ3) is 4.12. The Bertz CT molecular complexity index is 672. The summed E-state index contributed by atoms with van der Waals surface area (Å²) in [7, 11) is 0. The van der Waals surface area contributed by atoms with Crippen LogP contribution in [0.3, 0.4) is 0 Å². The molecule has 2 aliphatic rings. The highest BCUT2D eigenvalue weighted by Crippen LogP contribution is 2.22. The van der Waals surface area contributed by atoms with E-state index in [0.29, 0.717) is 19.6 Å². The van der Waals surface area contributed by atoms with Gasteiger partial charge >= 0.3 is 0 Å². The van der Waals surface area contributed by atoms with Gasteiger partial charge in [-0.3, -0.25) is 14.5 Å². The number of primary amides is 1. The van der Waals surface area contributed by atoms with Crippen LogP contribution in [0.1, 0.15) is 24.1 Å².